The Kier molecular flexibility index (Phi) is 6.20. The number of fused-ring (bicyclic) bond motifs is 1. The van der Waals surface area contributed by atoms with Crippen LogP contribution in [0.5, 0.6) is 46.0 Å². The third kappa shape index (κ3) is 4.81. The summed E-state index contributed by atoms with van der Waals surface area (Å²) < 4.78 is 16.5. The summed E-state index contributed by atoms with van der Waals surface area (Å²) in [6.45, 7) is 0. The van der Waals surface area contributed by atoms with Crippen LogP contribution < -0.4 is 9.47 Å². The van der Waals surface area contributed by atoms with E-state index in [9.17, 15) is 35.4 Å². The Balaban J connectivity index is 1.64. The standard InChI is InChI=1S/C25H22O10/c1-33-21-6-12(2-4-16(21)27)3-5-23(31)34-22-11-15-17(28)9-14(26)10-20(15)35-25(22)13-7-18(29)24(32)19(30)8-13/h2-10,22,25-30,32H,11H2,1H3/t22-,25-/m1/s1. The Morgan fingerprint density at radius 3 is 2.34 bits per heavy atom. The fourth-order valence-electron chi connectivity index (χ4n) is 3.77. The Morgan fingerprint density at radius 1 is 0.943 bits per heavy atom. The second kappa shape index (κ2) is 9.26. The molecule has 0 aromatic heterocycles. The van der Waals surface area contributed by atoms with Crippen molar-refractivity contribution < 1.29 is 49.6 Å². The molecule has 0 fully saturated rings. The normalized spacial score (nSPS) is 16.9. The van der Waals surface area contributed by atoms with Crippen molar-refractivity contribution in [3.05, 3.63) is 65.2 Å². The lowest BCUT2D eigenvalue weighted by molar-refractivity contribution is -0.149. The van der Waals surface area contributed by atoms with Gasteiger partial charge >= 0.3 is 5.97 Å². The number of aromatic hydroxyl groups is 6. The molecule has 0 saturated heterocycles. The van der Waals surface area contributed by atoms with Crippen molar-refractivity contribution in [2.24, 2.45) is 0 Å². The molecule has 10 nitrogen and oxygen atoms in total. The van der Waals surface area contributed by atoms with E-state index in [1.807, 2.05) is 0 Å². The molecule has 0 radical (unpaired) electrons. The minimum Gasteiger partial charge on any atom is -0.508 e. The van der Waals surface area contributed by atoms with Gasteiger partial charge in [-0.1, -0.05) is 6.07 Å². The number of phenols is 6. The summed E-state index contributed by atoms with van der Waals surface area (Å²) in [4.78, 5) is 12.6. The fourth-order valence-corrected chi connectivity index (χ4v) is 3.77. The maximum atomic E-state index is 12.6. The zero-order valence-electron chi connectivity index (χ0n) is 18.4. The van der Waals surface area contributed by atoms with Crippen molar-refractivity contribution in [3.8, 4) is 46.0 Å². The summed E-state index contributed by atoms with van der Waals surface area (Å²) in [5.74, 6) is -2.92. The predicted molar refractivity (Wildman–Crippen MR) is 122 cm³/mol. The molecule has 4 rings (SSSR count). The van der Waals surface area contributed by atoms with E-state index in [-0.39, 0.29) is 46.3 Å². The summed E-state index contributed by atoms with van der Waals surface area (Å²) in [6, 6.07) is 9.19. The number of benzene rings is 3. The number of ether oxygens (including phenoxy) is 3. The SMILES string of the molecule is COc1cc(C=CC(=O)O[C@@H]2Cc3c(O)cc(O)cc3O[C@@H]2c2cc(O)c(O)c(O)c2)ccc1O. The smallest absolute Gasteiger partial charge is 0.331 e. The topological polar surface area (TPSA) is 166 Å². The number of phenolic OH excluding ortho intramolecular Hbond substituents is 6. The molecule has 0 amide bonds. The van der Waals surface area contributed by atoms with Crippen LogP contribution in [0.3, 0.4) is 0 Å². The highest BCUT2D eigenvalue weighted by Gasteiger charge is 2.36. The second-order valence-electron chi connectivity index (χ2n) is 7.83. The minimum atomic E-state index is -1.06. The maximum absolute atomic E-state index is 12.6. The molecule has 3 aromatic rings. The fraction of sp³-hybridized carbons (Fsp3) is 0.160. The Labute approximate surface area is 199 Å². The Morgan fingerprint density at radius 2 is 1.66 bits per heavy atom. The van der Waals surface area contributed by atoms with Gasteiger partial charge < -0.3 is 44.8 Å². The maximum Gasteiger partial charge on any atom is 0.331 e. The van der Waals surface area contributed by atoms with Crippen LogP contribution in [0, 0.1) is 0 Å². The Bertz CT molecular complexity index is 1290. The number of carbonyl (C=O) groups excluding carboxylic acids is 1. The summed E-state index contributed by atoms with van der Waals surface area (Å²) >= 11 is 0. The van der Waals surface area contributed by atoms with E-state index in [1.165, 1.54) is 31.4 Å². The van der Waals surface area contributed by atoms with Gasteiger partial charge in [0.25, 0.3) is 0 Å². The van der Waals surface area contributed by atoms with E-state index in [0.717, 1.165) is 24.3 Å². The lowest BCUT2D eigenvalue weighted by Gasteiger charge is -2.33. The molecule has 1 aliphatic heterocycles. The number of methoxy groups -OCH3 is 1. The largest absolute Gasteiger partial charge is 0.508 e. The van der Waals surface area contributed by atoms with Gasteiger partial charge in [0, 0.05) is 35.8 Å². The van der Waals surface area contributed by atoms with E-state index in [0.29, 0.717) is 5.56 Å². The highest BCUT2D eigenvalue weighted by atomic mass is 16.6. The van der Waals surface area contributed by atoms with Gasteiger partial charge in [0.15, 0.2) is 34.9 Å². The van der Waals surface area contributed by atoms with Gasteiger partial charge in [-0.3, -0.25) is 0 Å². The lowest BCUT2D eigenvalue weighted by atomic mass is 9.93. The average molecular weight is 482 g/mol. The van der Waals surface area contributed by atoms with Crippen LogP contribution in [-0.2, 0) is 16.0 Å². The lowest BCUT2D eigenvalue weighted by Crippen LogP contribution is -2.34. The number of esters is 1. The molecule has 35 heavy (non-hydrogen) atoms. The zero-order valence-corrected chi connectivity index (χ0v) is 18.4. The molecule has 1 aliphatic rings. The number of rotatable bonds is 5. The molecule has 0 bridgehead atoms. The van der Waals surface area contributed by atoms with Gasteiger partial charge in [-0.2, -0.15) is 0 Å². The molecule has 182 valence electrons. The number of hydrogen-bond donors (Lipinski definition) is 6. The van der Waals surface area contributed by atoms with Crippen molar-refractivity contribution in [2.45, 2.75) is 18.6 Å². The van der Waals surface area contributed by atoms with Crippen LogP contribution in [-0.4, -0.2) is 49.8 Å². The van der Waals surface area contributed by atoms with Crippen molar-refractivity contribution in [1.82, 2.24) is 0 Å². The van der Waals surface area contributed by atoms with E-state index >= 15 is 0 Å². The first-order chi connectivity index (χ1) is 16.7. The van der Waals surface area contributed by atoms with Crippen LogP contribution in [0.1, 0.15) is 22.8 Å². The highest BCUT2D eigenvalue weighted by Crippen LogP contribution is 2.45. The van der Waals surface area contributed by atoms with E-state index in [4.69, 9.17) is 14.2 Å². The van der Waals surface area contributed by atoms with Crippen molar-refractivity contribution in [1.29, 1.82) is 0 Å². The van der Waals surface area contributed by atoms with Crippen LogP contribution in [0.2, 0.25) is 0 Å². The van der Waals surface area contributed by atoms with Gasteiger partial charge in [-0.15, -0.1) is 0 Å². The second-order valence-corrected chi connectivity index (χ2v) is 7.83. The van der Waals surface area contributed by atoms with E-state index < -0.39 is 35.4 Å². The summed E-state index contributed by atoms with van der Waals surface area (Å²) in [6.07, 6.45) is 0.507. The number of carbonyl (C=O) groups is 1. The molecule has 6 N–H and O–H groups in total. The first-order valence-corrected chi connectivity index (χ1v) is 10.4. The average Bonchev–Trinajstić information content (AvgIpc) is 2.81. The van der Waals surface area contributed by atoms with Crippen LogP contribution in [0.15, 0.2) is 48.5 Å². The summed E-state index contributed by atoms with van der Waals surface area (Å²) in [5, 5.41) is 59.3. The predicted octanol–water partition coefficient (Wildman–Crippen LogP) is 3.23. The molecule has 10 heteroatoms. The third-order valence-electron chi connectivity index (χ3n) is 5.47. The highest BCUT2D eigenvalue weighted by molar-refractivity contribution is 5.87. The Hall–Kier alpha value is -4.73. The number of hydrogen-bond acceptors (Lipinski definition) is 10. The molecular weight excluding hydrogens is 460 g/mol. The monoisotopic (exact) mass is 482 g/mol. The van der Waals surface area contributed by atoms with Gasteiger partial charge in [0.1, 0.15) is 23.4 Å². The first-order valence-electron chi connectivity index (χ1n) is 10.4. The molecule has 1 heterocycles. The molecular formula is C25H22O10. The van der Waals surface area contributed by atoms with Gasteiger partial charge in [0.05, 0.1) is 7.11 Å². The summed E-state index contributed by atoms with van der Waals surface area (Å²) in [5.41, 5.74) is 1.02. The van der Waals surface area contributed by atoms with Gasteiger partial charge in [-0.05, 0) is 35.9 Å². The first kappa shape index (κ1) is 23.4. The minimum absolute atomic E-state index is 0.0128. The van der Waals surface area contributed by atoms with Gasteiger partial charge in [0.2, 0.25) is 0 Å². The third-order valence-corrected chi connectivity index (χ3v) is 5.47. The van der Waals surface area contributed by atoms with Gasteiger partial charge in [-0.25, -0.2) is 4.79 Å². The zero-order chi connectivity index (χ0) is 25.3. The van der Waals surface area contributed by atoms with Crippen molar-refractivity contribution >= 4 is 12.0 Å². The van der Waals surface area contributed by atoms with E-state index in [2.05, 4.69) is 0 Å². The molecule has 0 unspecified atom stereocenters. The molecule has 0 saturated carbocycles. The van der Waals surface area contributed by atoms with Crippen LogP contribution in [0.4, 0.5) is 0 Å². The molecule has 2 atom stereocenters. The van der Waals surface area contributed by atoms with Crippen LogP contribution >= 0.6 is 0 Å². The van der Waals surface area contributed by atoms with Crippen molar-refractivity contribution in [3.63, 3.8) is 0 Å². The molecule has 0 aliphatic carbocycles. The van der Waals surface area contributed by atoms with E-state index in [1.54, 1.807) is 6.07 Å². The molecule has 0 spiro atoms. The summed E-state index contributed by atoms with van der Waals surface area (Å²) in [7, 11) is 1.39. The van der Waals surface area contributed by atoms with Crippen LogP contribution in [0.25, 0.3) is 6.08 Å². The van der Waals surface area contributed by atoms with Crippen molar-refractivity contribution in [2.75, 3.05) is 7.11 Å². The quantitative estimate of drug-likeness (QED) is 0.181. The molecule has 3 aromatic carbocycles.